The van der Waals surface area contributed by atoms with E-state index >= 15 is 0 Å². The number of thiol groups is 1. The molecule has 1 saturated heterocycles. The molecule has 0 spiro atoms. The summed E-state index contributed by atoms with van der Waals surface area (Å²) in [5, 5.41) is 0. The fourth-order valence-corrected chi connectivity index (χ4v) is 3.53. The van der Waals surface area contributed by atoms with Gasteiger partial charge < -0.3 is 10.5 Å². The van der Waals surface area contributed by atoms with Crippen molar-refractivity contribution in [2.24, 2.45) is 11.7 Å². The Labute approximate surface area is 147 Å². The summed E-state index contributed by atoms with van der Waals surface area (Å²) < 4.78 is 6.03. The van der Waals surface area contributed by atoms with Crippen molar-refractivity contribution in [3.8, 4) is 5.75 Å². The molecule has 2 N–H and O–H groups in total. The van der Waals surface area contributed by atoms with E-state index in [0.29, 0.717) is 19.1 Å². The van der Waals surface area contributed by atoms with E-state index in [9.17, 15) is 0 Å². The average Bonchev–Trinajstić information content (AvgIpc) is 3.02. The highest BCUT2D eigenvalue weighted by Gasteiger charge is 2.40. The lowest BCUT2D eigenvalue weighted by molar-refractivity contribution is 0.0263. The number of rotatable bonds is 7. The molecule has 130 valence electrons. The molecule has 1 aliphatic heterocycles. The van der Waals surface area contributed by atoms with Gasteiger partial charge in [0.25, 0.3) is 0 Å². The maximum absolute atomic E-state index is 6.20. The van der Waals surface area contributed by atoms with Gasteiger partial charge in [0.1, 0.15) is 12.4 Å². The predicted molar refractivity (Wildman–Crippen MR) is 101 cm³/mol. The number of ether oxygens (including phenoxy) is 1. The second-order valence-corrected chi connectivity index (χ2v) is 8.65. The van der Waals surface area contributed by atoms with Gasteiger partial charge in [0.2, 0.25) is 0 Å². The number of likely N-dealkylation sites (tertiary alicyclic amines) is 1. The van der Waals surface area contributed by atoms with E-state index < -0.39 is 0 Å². The Bertz CT molecular complexity index is 489. The number of nitrogens with zero attached hydrogens (tertiary/aromatic N) is 1. The highest BCUT2D eigenvalue weighted by Crippen LogP contribution is 2.31. The molecule has 1 aliphatic rings. The summed E-state index contributed by atoms with van der Waals surface area (Å²) in [7, 11) is 0. The Morgan fingerprint density at radius 1 is 1.17 bits per heavy atom. The van der Waals surface area contributed by atoms with Gasteiger partial charge in [-0.05, 0) is 63.4 Å². The van der Waals surface area contributed by atoms with Crippen molar-refractivity contribution in [2.45, 2.75) is 50.8 Å². The first kappa shape index (κ1) is 18.6. The average molecular weight is 337 g/mol. The molecule has 3 nitrogen and oxygen atoms in total. The SMILES string of the molecule is CC(C)C(CN)(COc1ccc(C(C)(C)S)cc1)N1CCCC1. The van der Waals surface area contributed by atoms with E-state index in [4.69, 9.17) is 10.5 Å². The monoisotopic (exact) mass is 336 g/mol. The first-order valence-corrected chi connectivity index (χ1v) is 9.15. The van der Waals surface area contributed by atoms with Crippen LogP contribution in [0.3, 0.4) is 0 Å². The van der Waals surface area contributed by atoms with Gasteiger partial charge in [-0.15, -0.1) is 0 Å². The summed E-state index contributed by atoms with van der Waals surface area (Å²) in [5.41, 5.74) is 7.33. The predicted octanol–water partition coefficient (Wildman–Crippen LogP) is 3.68. The Balaban J connectivity index is 2.09. The van der Waals surface area contributed by atoms with E-state index in [1.54, 1.807) is 0 Å². The molecule has 0 amide bonds. The van der Waals surface area contributed by atoms with Crippen molar-refractivity contribution < 1.29 is 4.74 Å². The van der Waals surface area contributed by atoms with Gasteiger partial charge in [-0.3, -0.25) is 4.90 Å². The van der Waals surface area contributed by atoms with Crippen LogP contribution in [0.4, 0.5) is 0 Å². The van der Waals surface area contributed by atoms with Gasteiger partial charge in [0.05, 0.1) is 5.54 Å². The van der Waals surface area contributed by atoms with Crippen molar-refractivity contribution in [1.82, 2.24) is 4.90 Å². The van der Waals surface area contributed by atoms with Crippen molar-refractivity contribution >= 4 is 12.6 Å². The lowest BCUT2D eigenvalue weighted by Gasteiger charge is -2.44. The zero-order chi connectivity index (χ0) is 17.1. The third kappa shape index (κ3) is 4.23. The number of benzene rings is 1. The molecule has 0 bridgehead atoms. The molecular formula is C19H32N2OS. The van der Waals surface area contributed by atoms with Gasteiger partial charge in [0.15, 0.2) is 0 Å². The quantitative estimate of drug-likeness (QED) is 0.746. The van der Waals surface area contributed by atoms with E-state index in [-0.39, 0.29) is 10.3 Å². The lowest BCUT2D eigenvalue weighted by Crippen LogP contribution is -2.60. The second-order valence-electron chi connectivity index (χ2n) is 7.53. The highest BCUT2D eigenvalue weighted by molar-refractivity contribution is 7.81. The summed E-state index contributed by atoms with van der Waals surface area (Å²) in [6, 6.07) is 8.27. The van der Waals surface area contributed by atoms with E-state index in [1.165, 1.54) is 18.4 Å². The molecule has 1 atom stereocenters. The van der Waals surface area contributed by atoms with E-state index in [2.05, 4.69) is 57.4 Å². The van der Waals surface area contributed by atoms with Crippen LogP contribution in [0.5, 0.6) is 5.75 Å². The largest absolute Gasteiger partial charge is 0.492 e. The summed E-state index contributed by atoms with van der Waals surface area (Å²) in [6.07, 6.45) is 2.53. The summed E-state index contributed by atoms with van der Waals surface area (Å²) in [6.45, 7) is 12.2. The minimum absolute atomic E-state index is 0.0714. The van der Waals surface area contributed by atoms with Crippen LogP contribution >= 0.6 is 12.6 Å². The zero-order valence-corrected chi connectivity index (χ0v) is 15.9. The topological polar surface area (TPSA) is 38.5 Å². The summed E-state index contributed by atoms with van der Waals surface area (Å²) in [5.74, 6) is 1.37. The fraction of sp³-hybridized carbons (Fsp3) is 0.684. The van der Waals surface area contributed by atoms with E-state index in [1.807, 2.05) is 12.1 Å². The van der Waals surface area contributed by atoms with Crippen LogP contribution in [0.25, 0.3) is 0 Å². The summed E-state index contributed by atoms with van der Waals surface area (Å²) in [4.78, 5) is 2.53. The van der Waals surface area contributed by atoms with Gasteiger partial charge in [-0.1, -0.05) is 26.0 Å². The molecule has 1 unspecified atom stereocenters. The van der Waals surface area contributed by atoms with Crippen LogP contribution in [-0.2, 0) is 4.75 Å². The zero-order valence-electron chi connectivity index (χ0n) is 15.0. The number of hydrogen-bond donors (Lipinski definition) is 2. The minimum atomic E-state index is -0.132. The molecule has 1 aromatic rings. The van der Waals surface area contributed by atoms with Crippen LogP contribution in [0.15, 0.2) is 24.3 Å². The molecule has 2 rings (SSSR count). The summed E-state index contributed by atoms with van der Waals surface area (Å²) >= 11 is 4.61. The van der Waals surface area contributed by atoms with Gasteiger partial charge in [-0.25, -0.2) is 0 Å². The first-order chi connectivity index (χ1) is 10.8. The van der Waals surface area contributed by atoms with Crippen molar-refractivity contribution in [3.63, 3.8) is 0 Å². The van der Waals surface area contributed by atoms with Crippen LogP contribution in [0.1, 0.15) is 46.1 Å². The normalized spacial score (nSPS) is 19.1. The van der Waals surface area contributed by atoms with Gasteiger partial charge in [0, 0.05) is 11.3 Å². The van der Waals surface area contributed by atoms with Gasteiger partial charge in [-0.2, -0.15) is 12.6 Å². The Hall–Kier alpha value is -0.710. The molecule has 0 aromatic heterocycles. The van der Waals surface area contributed by atoms with E-state index in [0.717, 1.165) is 18.8 Å². The molecule has 0 aliphatic carbocycles. The highest BCUT2D eigenvalue weighted by atomic mass is 32.1. The molecule has 23 heavy (non-hydrogen) atoms. The van der Waals surface area contributed by atoms with Crippen LogP contribution in [0.2, 0.25) is 0 Å². The molecule has 1 fully saturated rings. The van der Waals surface area contributed by atoms with Crippen molar-refractivity contribution in [1.29, 1.82) is 0 Å². The molecule has 1 aromatic carbocycles. The number of hydrogen-bond acceptors (Lipinski definition) is 4. The molecule has 0 saturated carbocycles. The Morgan fingerprint density at radius 2 is 1.74 bits per heavy atom. The fourth-order valence-electron chi connectivity index (χ4n) is 3.38. The molecule has 0 radical (unpaired) electrons. The molecular weight excluding hydrogens is 304 g/mol. The van der Waals surface area contributed by atoms with Crippen LogP contribution < -0.4 is 10.5 Å². The third-order valence-electron chi connectivity index (χ3n) is 5.21. The maximum Gasteiger partial charge on any atom is 0.119 e. The molecule has 1 heterocycles. The number of nitrogens with two attached hydrogens (primary N) is 1. The molecule has 4 heteroatoms. The minimum Gasteiger partial charge on any atom is -0.492 e. The lowest BCUT2D eigenvalue weighted by atomic mass is 9.85. The second kappa shape index (κ2) is 7.45. The van der Waals surface area contributed by atoms with Gasteiger partial charge >= 0.3 is 0 Å². The smallest absolute Gasteiger partial charge is 0.119 e. The van der Waals surface area contributed by atoms with Crippen LogP contribution in [0, 0.1) is 5.92 Å². The Kier molecular flexibility index (Phi) is 6.04. The van der Waals surface area contributed by atoms with Crippen LogP contribution in [-0.4, -0.2) is 36.7 Å². The Morgan fingerprint density at radius 3 is 2.17 bits per heavy atom. The third-order valence-corrected chi connectivity index (χ3v) is 5.47. The first-order valence-electron chi connectivity index (χ1n) is 8.70. The van der Waals surface area contributed by atoms with Crippen molar-refractivity contribution in [3.05, 3.63) is 29.8 Å². The standard InChI is InChI=1S/C19H32N2OS/c1-15(2)19(13-20,21-11-5-6-12-21)14-22-17-9-7-16(8-10-17)18(3,4)23/h7-10,15,23H,5-6,11-14,20H2,1-4H3. The maximum atomic E-state index is 6.20. The van der Waals surface area contributed by atoms with Crippen molar-refractivity contribution in [2.75, 3.05) is 26.2 Å².